The molecule has 2 N–H and O–H groups in total. The number of anilines is 1. The number of aromatic nitrogens is 1. The fraction of sp³-hybridized carbons (Fsp3) is 0.571. The molecule has 56 valence electrons. The summed E-state index contributed by atoms with van der Waals surface area (Å²) in [6.07, 6.45) is 2.40. The number of nitrogens with two attached hydrogens (primary N) is 1. The van der Waals surface area contributed by atoms with Crippen molar-refractivity contribution >= 4 is 5.88 Å². The third-order valence-electron chi connectivity index (χ3n) is 1.15. The standard InChI is InChI=1S/C7H12N2O/c1-5(2)3-7-9-4-6(8)10-7/h4-5H,3,8H2,1-2H3. The molecule has 0 fully saturated rings. The maximum Gasteiger partial charge on any atom is 0.211 e. The van der Waals surface area contributed by atoms with Crippen molar-refractivity contribution in [3.63, 3.8) is 0 Å². The molecule has 0 radical (unpaired) electrons. The Bertz CT molecular complexity index is 205. The molecular weight excluding hydrogens is 128 g/mol. The van der Waals surface area contributed by atoms with Crippen molar-refractivity contribution in [1.29, 1.82) is 0 Å². The molecule has 0 spiro atoms. The van der Waals surface area contributed by atoms with Gasteiger partial charge in [-0.3, -0.25) is 0 Å². The van der Waals surface area contributed by atoms with E-state index in [1.165, 1.54) is 6.20 Å². The number of hydrogen-bond donors (Lipinski definition) is 1. The maximum absolute atomic E-state index is 5.33. The first-order valence-corrected chi connectivity index (χ1v) is 3.38. The normalized spacial score (nSPS) is 10.7. The summed E-state index contributed by atoms with van der Waals surface area (Å²) in [5, 5.41) is 0. The van der Waals surface area contributed by atoms with E-state index < -0.39 is 0 Å². The Labute approximate surface area is 60.2 Å². The fourth-order valence-electron chi connectivity index (χ4n) is 0.768. The highest BCUT2D eigenvalue weighted by atomic mass is 16.4. The van der Waals surface area contributed by atoms with E-state index in [0.29, 0.717) is 11.8 Å². The Hall–Kier alpha value is -0.990. The van der Waals surface area contributed by atoms with Crippen LogP contribution in [0, 0.1) is 5.92 Å². The largest absolute Gasteiger partial charge is 0.426 e. The van der Waals surface area contributed by atoms with Gasteiger partial charge in [-0.05, 0) is 5.92 Å². The van der Waals surface area contributed by atoms with E-state index in [-0.39, 0.29) is 0 Å². The second-order valence-corrected chi connectivity index (χ2v) is 2.75. The summed E-state index contributed by atoms with van der Waals surface area (Å²) in [5.74, 6) is 1.70. The smallest absolute Gasteiger partial charge is 0.211 e. The zero-order chi connectivity index (χ0) is 7.56. The van der Waals surface area contributed by atoms with Crippen molar-refractivity contribution in [2.75, 3.05) is 5.73 Å². The van der Waals surface area contributed by atoms with E-state index >= 15 is 0 Å². The minimum absolute atomic E-state index is 0.399. The van der Waals surface area contributed by atoms with E-state index in [1.54, 1.807) is 0 Å². The first-order valence-electron chi connectivity index (χ1n) is 3.38. The van der Waals surface area contributed by atoms with Crippen LogP contribution in [-0.2, 0) is 6.42 Å². The van der Waals surface area contributed by atoms with Crippen molar-refractivity contribution < 1.29 is 4.42 Å². The number of hydrogen-bond acceptors (Lipinski definition) is 3. The zero-order valence-corrected chi connectivity index (χ0v) is 6.29. The third kappa shape index (κ3) is 1.76. The van der Waals surface area contributed by atoms with Gasteiger partial charge in [0.2, 0.25) is 5.88 Å². The molecule has 0 aliphatic carbocycles. The summed E-state index contributed by atoms with van der Waals surface area (Å²) in [5.41, 5.74) is 5.33. The molecule has 0 aromatic carbocycles. The van der Waals surface area contributed by atoms with Gasteiger partial charge in [0.05, 0.1) is 6.20 Å². The topological polar surface area (TPSA) is 52.0 Å². The lowest BCUT2D eigenvalue weighted by molar-refractivity contribution is 0.469. The van der Waals surface area contributed by atoms with Crippen LogP contribution in [-0.4, -0.2) is 4.98 Å². The monoisotopic (exact) mass is 140 g/mol. The van der Waals surface area contributed by atoms with Gasteiger partial charge in [0.25, 0.3) is 0 Å². The van der Waals surface area contributed by atoms with Crippen LogP contribution < -0.4 is 5.73 Å². The lowest BCUT2D eigenvalue weighted by Gasteiger charge is -1.96. The van der Waals surface area contributed by atoms with Crippen LogP contribution in [0.1, 0.15) is 19.7 Å². The molecule has 1 heterocycles. The van der Waals surface area contributed by atoms with E-state index in [1.807, 2.05) is 0 Å². The van der Waals surface area contributed by atoms with Crippen LogP contribution in [0.25, 0.3) is 0 Å². The minimum Gasteiger partial charge on any atom is -0.426 e. The lowest BCUT2D eigenvalue weighted by Crippen LogP contribution is -1.93. The predicted octanol–water partition coefficient (Wildman–Crippen LogP) is 1.46. The van der Waals surface area contributed by atoms with Crippen molar-refractivity contribution in [2.24, 2.45) is 5.92 Å². The first kappa shape index (κ1) is 7.12. The van der Waals surface area contributed by atoms with Crippen LogP contribution in [0.5, 0.6) is 0 Å². The van der Waals surface area contributed by atoms with Crippen molar-refractivity contribution in [3.05, 3.63) is 12.1 Å². The Morgan fingerprint density at radius 1 is 1.70 bits per heavy atom. The Morgan fingerprint density at radius 2 is 2.40 bits per heavy atom. The second kappa shape index (κ2) is 2.73. The van der Waals surface area contributed by atoms with Crippen molar-refractivity contribution in [1.82, 2.24) is 4.98 Å². The van der Waals surface area contributed by atoms with Crippen LogP contribution in [0.15, 0.2) is 10.6 Å². The Morgan fingerprint density at radius 3 is 2.80 bits per heavy atom. The van der Waals surface area contributed by atoms with Gasteiger partial charge in [-0.25, -0.2) is 4.98 Å². The first-order chi connectivity index (χ1) is 4.68. The van der Waals surface area contributed by atoms with Gasteiger partial charge in [-0.15, -0.1) is 0 Å². The molecule has 0 atom stereocenters. The molecule has 0 bridgehead atoms. The molecule has 3 heteroatoms. The van der Waals surface area contributed by atoms with Crippen LogP contribution in [0.2, 0.25) is 0 Å². The Balaban J connectivity index is 2.58. The highest BCUT2D eigenvalue weighted by Gasteiger charge is 2.02. The minimum atomic E-state index is 0.399. The zero-order valence-electron chi connectivity index (χ0n) is 6.29. The van der Waals surface area contributed by atoms with Crippen LogP contribution in [0.3, 0.4) is 0 Å². The van der Waals surface area contributed by atoms with Gasteiger partial charge in [0, 0.05) is 6.42 Å². The van der Waals surface area contributed by atoms with Gasteiger partial charge in [-0.2, -0.15) is 0 Å². The predicted molar refractivity (Wildman–Crippen MR) is 39.5 cm³/mol. The number of rotatable bonds is 2. The van der Waals surface area contributed by atoms with Gasteiger partial charge < -0.3 is 10.2 Å². The Kier molecular flexibility index (Phi) is 1.94. The highest BCUT2D eigenvalue weighted by Crippen LogP contribution is 2.09. The van der Waals surface area contributed by atoms with E-state index in [4.69, 9.17) is 10.2 Å². The summed E-state index contributed by atoms with van der Waals surface area (Å²) in [6.45, 7) is 4.22. The summed E-state index contributed by atoms with van der Waals surface area (Å²) in [6, 6.07) is 0. The highest BCUT2D eigenvalue weighted by molar-refractivity contribution is 5.17. The lowest BCUT2D eigenvalue weighted by atomic mass is 10.1. The van der Waals surface area contributed by atoms with Gasteiger partial charge in [0.1, 0.15) is 0 Å². The maximum atomic E-state index is 5.33. The SMILES string of the molecule is CC(C)Cc1ncc(N)o1. The molecule has 0 unspecified atom stereocenters. The number of oxazole rings is 1. The van der Waals surface area contributed by atoms with Gasteiger partial charge >= 0.3 is 0 Å². The average Bonchev–Trinajstić information content (AvgIpc) is 2.13. The fourth-order valence-corrected chi connectivity index (χ4v) is 0.768. The van der Waals surface area contributed by atoms with Gasteiger partial charge in [0.15, 0.2) is 5.89 Å². The van der Waals surface area contributed by atoms with Crippen LogP contribution >= 0.6 is 0 Å². The molecular formula is C7H12N2O. The summed E-state index contributed by atoms with van der Waals surface area (Å²) in [7, 11) is 0. The van der Waals surface area contributed by atoms with Crippen molar-refractivity contribution in [3.8, 4) is 0 Å². The molecule has 1 aromatic rings. The summed E-state index contributed by atoms with van der Waals surface area (Å²) < 4.78 is 5.06. The van der Waals surface area contributed by atoms with E-state index in [9.17, 15) is 0 Å². The molecule has 3 nitrogen and oxygen atoms in total. The summed E-state index contributed by atoms with van der Waals surface area (Å²) >= 11 is 0. The molecule has 0 aliphatic rings. The van der Waals surface area contributed by atoms with E-state index in [0.717, 1.165) is 12.3 Å². The second-order valence-electron chi connectivity index (χ2n) is 2.75. The average molecular weight is 140 g/mol. The number of nitrogen functional groups attached to an aromatic ring is 1. The molecule has 0 aliphatic heterocycles. The molecule has 10 heavy (non-hydrogen) atoms. The third-order valence-corrected chi connectivity index (χ3v) is 1.15. The quantitative estimate of drug-likeness (QED) is 0.676. The molecule has 1 aromatic heterocycles. The van der Waals surface area contributed by atoms with Gasteiger partial charge in [-0.1, -0.05) is 13.8 Å². The molecule has 0 saturated heterocycles. The van der Waals surface area contributed by atoms with Crippen molar-refractivity contribution in [2.45, 2.75) is 20.3 Å². The summed E-state index contributed by atoms with van der Waals surface area (Å²) in [4.78, 5) is 3.96. The molecule has 0 amide bonds. The van der Waals surface area contributed by atoms with E-state index in [2.05, 4.69) is 18.8 Å². The molecule has 1 rings (SSSR count). The molecule has 0 saturated carbocycles. The van der Waals surface area contributed by atoms with Crippen LogP contribution in [0.4, 0.5) is 5.88 Å². The number of nitrogens with zero attached hydrogens (tertiary/aromatic N) is 1.